The highest BCUT2D eigenvalue weighted by Gasteiger charge is 2.17. The second-order valence-corrected chi connectivity index (χ2v) is 16.5. The Morgan fingerprint density at radius 2 is 0.764 bits per heavy atom. The molecule has 2 atom stereocenters. The Morgan fingerprint density at radius 1 is 0.436 bits per heavy atom. The van der Waals surface area contributed by atoms with E-state index < -0.39 is 12.1 Å². The number of carbonyl (C=O) groups is 1. The predicted molar refractivity (Wildman–Crippen MR) is 244 cm³/mol. The van der Waals surface area contributed by atoms with Crippen molar-refractivity contribution in [3.63, 3.8) is 0 Å². The third-order valence-corrected chi connectivity index (χ3v) is 11.0. The molecule has 0 aliphatic rings. The van der Waals surface area contributed by atoms with E-state index in [1.165, 1.54) is 193 Å². The highest BCUT2D eigenvalue weighted by Crippen LogP contribution is 2.15. The largest absolute Gasteiger partial charge is 0.394 e. The van der Waals surface area contributed by atoms with Gasteiger partial charge in [0.2, 0.25) is 5.91 Å². The third kappa shape index (κ3) is 43.3. The number of aliphatic hydroxyl groups excluding tert-OH is 2. The SMILES string of the molecule is CCCCCCCCCCC/C=C\C/C=C\CCCCCCCCCCCC(=O)NC(CO)C(O)/C=C/CC/C=C/CCCCCCCCCCCCCC. The third-order valence-electron chi connectivity index (χ3n) is 11.0. The summed E-state index contributed by atoms with van der Waals surface area (Å²) in [6.07, 6.45) is 63.8. The maximum Gasteiger partial charge on any atom is 0.220 e. The number of hydrogen-bond acceptors (Lipinski definition) is 3. The van der Waals surface area contributed by atoms with Crippen LogP contribution in [0.25, 0.3) is 0 Å². The Kier molecular flexibility index (Phi) is 45.3. The van der Waals surface area contributed by atoms with Crippen LogP contribution < -0.4 is 5.32 Å². The molecule has 0 spiro atoms. The van der Waals surface area contributed by atoms with Crippen molar-refractivity contribution < 1.29 is 15.0 Å². The van der Waals surface area contributed by atoms with Crippen molar-refractivity contribution >= 4 is 5.91 Å². The normalized spacial score (nSPS) is 13.3. The fourth-order valence-corrected chi connectivity index (χ4v) is 7.28. The van der Waals surface area contributed by atoms with Gasteiger partial charge in [0.15, 0.2) is 0 Å². The summed E-state index contributed by atoms with van der Waals surface area (Å²) in [5.74, 6) is -0.0774. The van der Waals surface area contributed by atoms with Crippen LogP contribution in [0.15, 0.2) is 48.6 Å². The molecule has 0 saturated heterocycles. The maximum atomic E-state index is 12.4. The van der Waals surface area contributed by atoms with Gasteiger partial charge in [0, 0.05) is 6.42 Å². The second kappa shape index (κ2) is 46.7. The number of amides is 1. The summed E-state index contributed by atoms with van der Waals surface area (Å²) in [5.41, 5.74) is 0. The minimum absolute atomic E-state index is 0.0774. The van der Waals surface area contributed by atoms with Crippen LogP contribution in [-0.4, -0.2) is 34.9 Å². The van der Waals surface area contributed by atoms with Crippen LogP contribution in [0.4, 0.5) is 0 Å². The second-order valence-electron chi connectivity index (χ2n) is 16.5. The minimum Gasteiger partial charge on any atom is -0.394 e. The van der Waals surface area contributed by atoms with E-state index in [2.05, 4.69) is 55.6 Å². The number of rotatable bonds is 44. The zero-order valence-corrected chi connectivity index (χ0v) is 36.9. The number of aliphatic hydroxyl groups is 2. The highest BCUT2D eigenvalue weighted by atomic mass is 16.3. The standard InChI is InChI=1S/C51H95NO3/c1-3-5-7-9-11-13-15-17-19-21-23-24-25-26-27-28-29-31-33-35-37-39-41-43-45-47-51(55)52-49(48-53)50(54)46-44-42-40-38-36-34-32-30-22-20-18-16-14-12-10-8-6-4-2/h23-24,26-27,36,38,44,46,49-50,53-54H,3-22,25,28-35,37,39-43,45,47-48H2,1-2H3,(H,52,55)/b24-23-,27-26-,38-36+,46-44+. The van der Waals surface area contributed by atoms with E-state index in [1.807, 2.05) is 6.08 Å². The molecule has 322 valence electrons. The average Bonchev–Trinajstić information content (AvgIpc) is 3.19. The van der Waals surface area contributed by atoms with Crippen molar-refractivity contribution in [2.75, 3.05) is 6.61 Å². The smallest absolute Gasteiger partial charge is 0.220 e. The first-order chi connectivity index (χ1) is 27.2. The molecule has 55 heavy (non-hydrogen) atoms. The predicted octanol–water partition coefficient (Wildman–Crippen LogP) is 15.5. The van der Waals surface area contributed by atoms with Crippen molar-refractivity contribution in [3.8, 4) is 0 Å². The molecule has 0 aromatic heterocycles. The van der Waals surface area contributed by atoms with Gasteiger partial charge in [-0.15, -0.1) is 0 Å². The van der Waals surface area contributed by atoms with E-state index in [-0.39, 0.29) is 12.5 Å². The molecule has 0 aromatic rings. The van der Waals surface area contributed by atoms with Crippen molar-refractivity contribution in [1.29, 1.82) is 0 Å². The molecule has 4 heteroatoms. The van der Waals surface area contributed by atoms with Crippen molar-refractivity contribution in [3.05, 3.63) is 48.6 Å². The van der Waals surface area contributed by atoms with E-state index in [0.717, 1.165) is 38.5 Å². The van der Waals surface area contributed by atoms with Gasteiger partial charge in [0.25, 0.3) is 0 Å². The molecule has 0 radical (unpaired) electrons. The molecule has 0 saturated carbocycles. The van der Waals surface area contributed by atoms with Gasteiger partial charge in [0.05, 0.1) is 18.8 Å². The van der Waals surface area contributed by atoms with Gasteiger partial charge in [-0.1, -0.05) is 229 Å². The Bertz CT molecular complexity index is 877. The fourth-order valence-electron chi connectivity index (χ4n) is 7.28. The molecular formula is C51H95NO3. The Morgan fingerprint density at radius 3 is 1.16 bits per heavy atom. The van der Waals surface area contributed by atoms with E-state index in [9.17, 15) is 15.0 Å². The van der Waals surface area contributed by atoms with Crippen molar-refractivity contribution in [2.45, 2.75) is 264 Å². The van der Waals surface area contributed by atoms with Crippen molar-refractivity contribution in [1.82, 2.24) is 5.32 Å². The zero-order valence-electron chi connectivity index (χ0n) is 36.9. The van der Waals surface area contributed by atoms with E-state index >= 15 is 0 Å². The summed E-state index contributed by atoms with van der Waals surface area (Å²) in [7, 11) is 0. The molecule has 1 amide bonds. The first-order valence-corrected chi connectivity index (χ1v) is 24.4. The van der Waals surface area contributed by atoms with Crippen LogP contribution >= 0.6 is 0 Å². The van der Waals surface area contributed by atoms with Gasteiger partial charge in [-0.3, -0.25) is 4.79 Å². The maximum absolute atomic E-state index is 12.4. The van der Waals surface area contributed by atoms with Gasteiger partial charge < -0.3 is 15.5 Å². The van der Waals surface area contributed by atoms with Gasteiger partial charge in [-0.25, -0.2) is 0 Å². The highest BCUT2D eigenvalue weighted by molar-refractivity contribution is 5.76. The van der Waals surface area contributed by atoms with Gasteiger partial charge in [-0.2, -0.15) is 0 Å². The molecule has 4 nitrogen and oxygen atoms in total. The summed E-state index contributed by atoms with van der Waals surface area (Å²) < 4.78 is 0. The number of unbranched alkanes of at least 4 members (excludes halogenated alkanes) is 31. The molecule has 0 fully saturated rings. The first-order valence-electron chi connectivity index (χ1n) is 24.4. The monoisotopic (exact) mass is 770 g/mol. The Balaban J connectivity index is 3.59. The number of allylic oxidation sites excluding steroid dienone is 7. The van der Waals surface area contributed by atoms with E-state index in [0.29, 0.717) is 6.42 Å². The minimum atomic E-state index is -0.865. The molecule has 0 aliphatic heterocycles. The van der Waals surface area contributed by atoms with E-state index in [4.69, 9.17) is 0 Å². The molecule has 0 bridgehead atoms. The summed E-state index contributed by atoms with van der Waals surface area (Å²) in [6, 6.07) is -0.642. The molecule has 0 aliphatic carbocycles. The lowest BCUT2D eigenvalue weighted by molar-refractivity contribution is -0.123. The summed E-state index contributed by atoms with van der Waals surface area (Å²) in [4.78, 5) is 12.4. The number of hydrogen-bond donors (Lipinski definition) is 3. The zero-order chi connectivity index (χ0) is 40.0. The first kappa shape index (κ1) is 53.4. The lowest BCUT2D eigenvalue weighted by atomic mass is 10.0. The molecule has 3 N–H and O–H groups in total. The quantitative estimate of drug-likeness (QED) is 0.0427. The molecule has 2 unspecified atom stereocenters. The van der Waals surface area contributed by atoms with Crippen LogP contribution in [0, 0.1) is 0 Å². The Labute approximate surface area is 344 Å². The van der Waals surface area contributed by atoms with Crippen LogP contribution in [0.3, 0.4) is 0 Å². The molecular weight excluding hydrogens is 675 g/mol. The lowest BCUT2D eigenvalue weighted by Gasteiger charge is -2.19. The summed E-state index contributed by atoms with van der Waals surface area (Å²) in [6.45, 7) is 4.31. The average molecular weight is 770 g/mol. The van der Waals surface area contributed by atoms with Crippen LogP contribution in [0.1, 0.15) is 251 Å². The van der Waals surface area contributed by atoms with Gasteiger partial charge in [-0.05, 0) is 64.2 Å². The molecule has 0 heterocycles. The molecule has 0 rings (SSSR count). The molecule has 0 aromatic carbocycles. The number of nitrogens with one attached hydrogen (secondary N) is 1. The van der Waals surface area contributed by atoms with Gasteiger partial charge in [0.1, 0.15) is 0 Å². The Hall–Kier alpha value is -1.65. The van der Waals surface area contributed by atoms with Crippen LogP contribution in [0.5, 0.6) is 0 Å². The van der Waals surface area contributed by atoms with Crippen LogP contribution in [0.2, 0.25) is 0 Å². The summed E-state index contributed by atoms with van der Waals surface area (Å²) in [5, 5.41) is 23.0. The van der Waals surface area contributed by atoms with Gasteiger partial charge >= 0.3 is 0 Å². The van der Waals surface area contributed by atoms with Crippen LogP contribution in [-0.2, 0) is 4.79 Å². The topological polar surface area (TPSA) is 69.6 Å². The van der Waals surface area contributed by atoms with E-state index in [1.54, 1.807) is 6.08 Å². The summed E-state index contributed by atoms with van der Waals surface area (Å²) >= 11 is 0. The fraction of sp³-hybridized carbons (Fsp3) is 0.824. The lowest BCUT2D eigenvalue weighted by Crippen LogP contribution is -2.45. The van der Waals surface area contributed by atoms with Crippen molar-refractivity contribution in [2.24, 2.45) is 0 Å². The number of carbonyl (C=O) groups excluding carboxylic acids is 1.